The third kappa shape index (κ3) is 2.22. The molecular weight excluding hydrogens is 228 g/mol. The number of nitrogens with two attached hydrogens (primary N) is 1. The number of aromatic nitrogens is 2. The van der Waals surface area contributed by atoms with Crippen LogP contribution >= 0.6 is 0 Å². The van der Waals surface area contributed by atoms with Crippen molar-refractivity contribution >= 4 is 16.8 Å². The Morgan fingerprint density at radius 2 is 2.22 bits per heavy atom. The summed E-state index contributed by atoms with van der Waals surface area (Å²) >= 11 is 0. The van der Waals surface area contributed by atoms with Gasteiger partial charge in [0.1, 0.15) is 0 Å². The minimum atomic E-state index is -0.701. The first-order chi connectivity index (χ1) is 8.57. The maximum Gasteiger partial charge on any atom is 0.237 e. The Balaban J connectivity index is 2.17. The number of nitrogens with zero attached hydrogens (tertiary/aromatic N) is 2. The van der Waals surface area contributed by atoms with Gasteiger partial charge in [-0.25, -0.2) is 0 Å². The summed E-state index contributed by atoms with van der Waals surface area (Å²) in [6.07, 6.45) is 2.43. The fraction of sp³-hybridized carbons (Fsp3) is 0.385. The number of nitrogens with one attached hydrogen (secondary N) is 1. The highest BCUT2D eigenvalue weighted by Gasteiger charge is 2.28. The van der Waals surface area contributed by atoms with Gasteiger partial charge in [-0.2, -0.15) is 5.10 Å². The Hall–Kier alpha value is -1.88. The molecule has 1 aromatic heterocycles. The molecule has 0 bridgehead atoms. The highest BCUT2D eigenvalue weighted by atomic mass is 16.1. The number of hydrogen-bond donors (Lipinski definition) is 2. The number of likely N-dealkylation sites (N-methyl/N-ethyl adjacent to an activating group) is 1. The summed E-state index contributed by atoms with van der Waals surface area (Å²) < 4.78 is 1.90. The SMILES string of the molecule is CNC(C)(CCn1ncc2ccccc21)C(N)=O. The molecule has 2 rings (SSSR count). The van der Waals surface area contributed by atoms with Gasteiger partial charge in [-0.3, -0.25) is 9.48 Å². The average Bonchev–Trinajstić information content (AvgIpc) is 2.79. The molecule has 1 atom stereocenters. The van der Waals surface area contributed by atoms with Crippen LogP contribution in [-0.2, 0) is 11.3 Å². The number of amides is 1. The van der Waals surface area contributed by atoms with Gasteiger partial charge in [0.05, 0.1) is 17.3 Å². The molecule has 0 aliphatic rings. The number of carbonyl (C=O) groups is 1. The van der Waals surface area contributed by atoms with Crippen molar-refractivity contribution in [3.05, 3.63) is 30.5 Å². The molecule has 96 valence electrons. The second-order valence-corrected chi connectivity index (χ2v) is 4.62. The Labute approximate surface area is 106 Å². The number of aryl methyl sites for hydroxylation is 1. The molecule has 1 heterocycles. The average molecular weight is 246 g/mol. The van der Waals surface area contributed by atoms with E-state index in [4.69, 9.17) is 5.73 Å². The standard InChI is InChI=1S/C13H18N4O/c1-13(15-2,12(14)18)7-8-17-11-6-4-3-5-10(11)9-16-17/h3-6,9,15H,7-8H2,1-2H3,(H2,14,18). The Bertz CT molecular complexity index is 563. The molecule has 0 saturated carbocycles. The molecule has 0 saturated heterocycles. The lowest BCUT2D eigenvalue weighted by Crippen LogP contribution is -2.52. The second-order valence-electron chi connectivity index (χ2n) is 4.62. The molecule has 1 unspecified atom stereocenters. The number of para-hydroxylation sites is 1. The van der Waals surface area contributed by atoms with Crippen LogP contribution in [-0.4, -0.2) is 28.3 Å². The Kier molecular flexibility index (Phi) is 3.34. The lowest BCUT2D eigenvalue weighted by atomic mass is 9.97. The molecule has 3 N–H and O–H groups in total. The van der Waals surface area contributed by atoms with Crippen LogP contribution in [0, 0.1) is 0 Å². The molecule has 0 fully saturated rings. The maximum atomic E-state index is 11.4. The molecular formula is C13H18N4O. The number of hydrogen-bond acceptors (Lipinski definition) is 3. The zero-order chi connectivity index (χ0) is 13.2. The predicted octanol–water partition coefficient (Wildman–Crippen LogP) is 0.890. The quantitative estimate of drug-likeness (QED) is 0.823. The van der Waals surface area contributed by atoms with Crippen LogP contribution in [0.5, 0.6) is 0 Å². The van der Waals surface area contributed by atoms with Gasteiger partial charge < -0.3 is 11.1 Å². The summed E-state index contributed by atoms with van der Waals surface area (Å²) in [6, 6.07) is 7.99. The van der Waals surface area contributed by atoms with Gasteiger partial charge in [-0.15, -0.1) is 0 Å². The largest absolute Gasteiger partial charge is 0.368 e. The lowest BCUT2D eigenvalue weighted by Gasteiger charge is -2.25. The van der Waals surface area contributed by atoms with Gasteiger partial charge >= 0.3 is 0 Å². The van der Waals surface area contributed by atoms with E-state index in [1.54, 1.807) is 14.0 Å². The van der Waals surface area contributed by atoms with Crippen molar-refractivity contribution in [3.8, 4) is 0 Å². The van der Waals surface area contributed by atoms with Gasteiger partial charge in [-0.05, 0) is 26.5 Å². The number of primary amides is 1. The van der Waals surface area contributed by atoms with Crippen molar-refractivity contribution in [2.75, 3.05) is 7.05 Å². The first-order valence-electron chi connectivity index (χ1n) is 5.96. The summed E-state index contributed by atoms with van der Waals surface area (Å²) in [4.78, 5) is 11.4. The van der Waals surface area contributed by atoms with E-state index >= 15 is 0 Å². The van der Waals surface area contributed by atoms with E-state index in [1.807, 2.05) is 35.1 Å². The van der Waals surface area contributed by atoms with E-state index in [9.17, 15) is 4.79 Å². The molecule has 0 aliphatic heterocycles. The van der Waals surface area contributed by atoms with Crippen molar-refractivity contribution in [1.29, 1.82) is 0 Å². The monoisotopic (exact) mass is 246 g/mol. The third-order valence-corrected chi connectivity index (χ3v) is 3.47. The summed E-state index contributed by atoms with van der Waals surface area (Å²) in [7, 11) is 1.74. The third-order valence-electron chi connectivity index (χ3n) is 3.47. The van der Waals surface area contributed by atoms with Crippen LogP contribution < -0.4 is 11.1 Å². The molecule has 5 nitrogen and oxygen atoms in total. The van der Waals surface area contributed by atoms with Crippen LogP contribution in [0.2, 0.25) is 0 Å². The van der Waals surface area contributed by atoms with Crippen LogP contribution in [0.15, 0.2) is 30.5 Å². The van der Waals surface area contributed by atoms with Crippen LogP contribution in [0.1, 0.15) is 13.3 Å². The highest BCUT2D eigenvalue weighted by Crippen LogP contribution is 2.15. The normalized spacial score (nSPS) is 14.6. The molecule has 0 spiro atoms. The zero-order valence-electron chi connectivity index (χ0n) is 10.7. The van der Waals surface area contributed by atoms with Crippen molar-refractivity contribution in [2.45, 2.75) is 25.4 Å². The summed E-state index contributed by atoms with van der Waals surface area (Å²) in [5.74, 6) is -0.346. The van der Waals surface area contributed by atoms with Crippen LogP contribution in [0.4, 0.5) is 0 Å². The van der Waals surface area contributed by atoms with E-state index in [0.717, 1.165) is 10.9 Å². The fourth-order valence-electron chi connectivity index (χ4n) is 1.90. The molecule has 1 amide bonds. The van der Waals surface area contributed by atoms with Crippen LogP contribution in [0.25, 0.3) is 10.9 Å². The molecule has 0 radical (unpaired) electrons. The van der Waals surface area contributed by atoms with E-state index in [1.165, 1.54) is 0 Å². The zero-order valence-corrected chi connectivity index (χ0v) is 10.7. The van der Waals surface area contributed by atoms with Crippen molar-refractivity contribution in [1.82, 2.24) is 15.1 Å². The molecule has 0 aliphatic carbocycles. The number of carbonyl (C=O) groups excluding carboxylic acids is 1. The topological polar surface area (TPSA) is 72.9 Å². The van der Waals surface area contributed by atoms with Crippen molar-refractivity contribution in [2.24, 2.45) is 5.73 Å². The molecule has 5 heteroatoms. The Morgan fingerprint density at radius 3 is 2.89 bits per heavy atom. The van der Waals surface area contributed by atoms with Crippen LogP contribution in [0.3, 0.4) is 0 Å². The summed E-state index contributed by atoms with van der Waals surface area (Å²) in [6.45, 7) is 2.45. The van der Waals surface area contributed by atoms with Gasteiger partial charge in [0.15, 0.2) is 0 Å². The smallest absolute Gasteiger partial charge is 0.237 e. The first-order valence-corrected chi connectivity index (χ1v) is 5.96. The molecule has 18 heavy (non-hydrogen) atoms. The van der Waals surface area contributed by atoms with Gasteiger partial charge in [0.25, 0.3) is 0 Å². The number of rotatable bonds is 5. The van der Waals surface area contributed by atoms with Crippen molar-refractivity contribution in [3.63, 3.8) is 0 Å². The minimum absolute atomic E-state index is 0.346. The van der Waals surface area contributed by atoms with E-state index in [-0.39, 0.29) is 5.91 Å². The van der Waals surface area contributed by atoms with E-state index < -0.39 is 5.54 Å². The van der Waals surface area contributed by atoms with E-state index in [0.29, 0.717) is 13.0 Å². The Morgan fingerprint density at radius 1 is 1.50 bits per heavy atom. The van der Waals surface area contributed by atoms with Crippen molar-refractivity contribution < 1.29 is 4.79 Å². The maximum absolute atomic E-state index is 11.4. The van der Waals surface area contributed by atoms with Gasteiger partial charge in [0.2, 0.25) is 5.91 Å². The van der Waals surface area contributed by atoms with Gasteiger partial charge in [0, 0.05) is 11.9 Å². The summed E-state index contributed by atoms with van der Waals surface area (Å²) in [5.41, 5.74) is 5.77. The lowest BCUT2D eigenvalue weighted by molar-refractivity contribution is -0.124. The minimum Gasteiger partial charge on any atom is -0.368 e. The predicted molar refractivity (Wildman–Crippen MR) is 71.0 cm³/mol. The molecule has 1 aromatic carbocycles. The highest BCUT2D eigenvalue weighted by molar-refractivity contribution is 5.84. The van der Waals surface area contributed by atoms with E-state index in [2.05, 4.69) is 10.4 Å². The first kappa shape index (κ1) is 12.6. The summed E-state index contributed by atoms with van der Waals surface area (Å²) in [5, 5.41) is 8.40. The number of fused-ring (bicyclic) bond motifs is 1. The fourth-order valence-corrected chi connectivity index (χ4v) is 1.90. The molecule has 2 aromatic rings. The van der Waals surface area contributed by atoms with Gasteiger partial charge in [-0.1, -0.05) is 18.2 Å². The number of benzene rings is 1. The second kappa shape index (κ2) is 4.78.